The lowest BCUT2D eigenvalue weighted by Crippen LogP contribution is -2.49. The Bertz CT molecular complexity index is 1330. The van der Waals surface area contributed by atoms with Crippen LogP contribution in [-0.2, 0) is 20.9 Å². The number of aromatic nitrogens is 2. The van der Waals surface area contributed by atoms with Crippen molar-refractivity contribution in [1.82, 2.24) is 9.55 Å². The maximum Gasteiger partial charge on any atom is 0.321 e. The quantitative estimate of drug-likeness (QED) is 0.373. The van der Waals surface area contributed by atoms with E-state index >= 15 is 0 Å². The van der Waals surface area contributed by atoms with Crippen LogP contribution in [0.1, 0.15) is 24.1 Å². The van der Waals surface area contributed by atoms with Crippen molar-refractivity contribution in [2.24, 2.45) is 5.92 Å². The Labute approximate surface area is 190 Å². The summed E-state index contributed by atoms with van der Waals surface area (Å²) < 4.78 is 7.27. The Hall–Kier alpha value is -4.13. The summed E-state index contributed by atoms with van der Waals surface area (Å²) in [6.07, 6.45) is 0. The summed E-state index contributed by atoms with van der Waals surface area (Å²) in [5.41, 5.74) is 3.06. The first-order chi connectivity index (χ1) is 16.1. The van der Waals surface area contributed by atoms with Gasteiger partial charge in [0.25, 0.3) is 0 Å². The fraction of sp³-hybridized carbons (Fsp3) is 0.192. The molecule has 1 aromatic heterocycles. The van der Waals surface area contributed by atoms with Gasteiger partial charge in [0, 0.05) is 0 Å². The number of fused-ring (bicyclic) bond motifs is 3. The van der Waals surface area contributed by atoms with Gasteiger partial charge in [-0.1, -0.05) is 54.6 Å². The molecule has 3 aromatic carbocycles. The number of anilines is 1. The Morgan fingerprint density at radius 2 is 1.79 bits per heavy atom. The van der Waals surface area contributed by atoms with Gasteiger partial charge in [0.1, 0.15) is 5.75 Å². The number of nitrogens with zero attached hydrogens (tertiary/aromatic N) is 3. The highest BCUT2D eigenvalue weighted by atomic mass is 16.5. The molecule has 0 spiro atoms. The molecule has 33 heavy (non-hydrogen) atoms. The zero-order chi connectivity index (χ0) is 22.9. The highest BCUT2D eigenvalue weighted by molar-refractivity contribution is 6.08. The van der Waals surface area contributed by atoms with Crippen molar-refractivity contribution in [3.05, 3.63) is 90.0 Å². The molecule has 0 unspecified atom stereocenters. The number of rotatable bonds is 5. The number of ether oxygens (including phenoxy) is 1. The van der Waals surface area contributed by atoms with Gasteiger partial charge in [0.05, 0.1) is 30.2 Å². The topological polar surface area (TPSA) is 84.7 Å². The van der Waals surface area contributed by atoms with Crippen LogP contribution in [0.15, 0.2) is 78.9 Å². The van der Waals surface area contributed by atoms with E-state index in [9.17, 15) is 14.7 Å². The third-order valence-electron chi connectivity index (χ3n) is 5.88. The lowest BCUT2D eigenvalue weighted by Gasteiger charge is -2.38. The van der Waals surface area contributed by atoms with E-state index in [1.54, 1.807) is 36.1 Å². The largest absolute Gasteiger partial charge is 0.508 e. The van der Waals surface area contributed by atoms with Crippen LogP contribution in [0.2, 0.25) is 0 Å². The second kappa shape index (κ2) is 8.43. The average Bonchev–Trinajstić information content (AvgIpc) is 3.20. The number of phenolic OH excluding ortho intramolecular Hbond substituents is 1. The van der Waals surface area contributed by atoms with Crippen LogP contribution in [0.3, 0.4) is 0 Å². The van der Waals surface area contributed by atoms with E-state index in [2.05, 4.69) is 0 Å². The number of hydrogen-bond acceptors (Lipinski definition) is 5. The standard InChI is InChI=1S/C26H23N3O4/c1-2-33-25(32)22-23(18-11-8-12-19(30)15-18)29-21-14-7-6-13-20(21)27-26(29)28(24(22)31)16-17-9-4-3-5-10-17/h3-15,22-23,30H,2,16H2,1H3/t22-,23-/m1/s1. The fourth-order valence-electron chi connectivity index (χ4n) is 4.47. The predicted octanol–water partition coefficient (Wildman–Crippen LogP) is 4.06. The molecule has 7 nitrogen and oxygen atoms in total. The number of para-hydroxylation sites is 2. The van der Waals surface area contributed by atoms with E-state index in [0.29, 0.717) is 17.0 Å². The highest BCUT2D eigenvalue weighted by Gasteiger charge is 2.47. The molecule has 0 fully saturated rings. The average molecular weight is 441 g/mol. The van der Waals surface area contributed by atoms with Gasteiger partial charge in [-0.2, -0.15) is 0 Å². The minimum Gasteiger partial charge on any atom is -0.508 e. The van der Waals surface area contributed by atoms with Crippen LogP contribution in [0, 0.1) is 5.92 Å². The molecule has 166 valence electrons. The van der Waals surface area contributed by atoms with Crippen molar-refractivity contribution >= 4 is 28.9 Å². The number of phenols is 1. The number of amides is 1. The lowest BCUT2D eigenvalue weighted by atomic mass is 9.89. The SMILES string of the molecule is CCOC(=O)[C@H]1C(=O)N(Cc2ccccc2)c2nc3ccccc3n2[C@@H]1c1cccc(O)c1. The summed E-state index contributed by atoms with van der Waals surface area (Å²) in [6, 6.07) is 23.1. The molecule has 0 saturated heterocycles. The number of benzene rings is 3. The van der Waals surface area contributed by atoms with Crippen LogP contribution >= 0.6 is 0 Å². The number of carbonyl (C=O) groups excluding carboxylic acids is 2. The Balaban J connectivity index is 1.76. The molecule has 0 bridgehead atoms. The van der Waals surface area contributed by atoms with E-state index in [0.717, 1.165) is 11.1 Å². The summed E-state index contributed by atoms with van der Waals surface area (Å²) in [5, 5.41) is 10.2. The van der Waals surface area contributed by atoms with Gasteiger partial charge >= 0.3 is 5.97 Å². The van der Waals surface area contributed by atoms with Crippen LogP contribution in [0.25, 0.3) is 11.0 Å². The molecule has 1 N–H and O–H groups in total. The van der Waals surface area contributed by atoms with Crippen molar-refractivity contribution in [1.29, 1.82) is 0 Å². The number of carbonyl (C=O) groups is 2. The van der Waals surface area contributed by atoms with Gasteiger partial charge in [0.2, 0.25) is 11.9 Å². The molecule has 2 atom stereocenters. The minimum absolute atomic E-state index is 0.0558. The van der Waals surface area contributed by atoms with Gasteiger partial charge < -0.3 is 14.4 Å². The molecule has 5 rings (SSSR count). The van der Waals surface area contributed by atoms with E-state index in [1.165, 1.54) is 0 Å². The summed E-state index contributed by atoms with van der Waals surface area (Å²) in [7, 11) is 0. The summed E-state index contributed by atoms with van der Waals surface area (Å²) in [5.74, 6) is -1.59. The van der Waals surface area contributed by atoms with Gasteiger partial charge in [-0.05, 0) is 42.3 Å². The van der Waals surface area contributed by atoms with Crippen molar-refractivity contribution in [2.45, 2.75) is 19.5 Å². The Morgan fingerprint density at radius 3 is 2.55 bits per heavy atom. The summed E-state index contributed by atoms with van der Waals surface area (Å²) in [6.45, 7) is 2.14. The molecule has 0 saturated carbocycles. The van der Waals surface area contributed by atoms with Gasteiger partial charge in [-0.15, -0.1) is 0 Å². The van der Waals surface area contributed by atoms with Crippen molar-refractivity contribution in [3.8, 4) is 5.75 Å². The Kier molecular flexibility index (Phi) is 5.30. The van der Waals surface area contributed by atoms with E-state index in [4.69, 9.17) is 9.72 Å². The summed E-state index contributed by atoms with van der Waals surface area (Å²) in [4.78, 5) is 33.4. The third kappa shape index (κ3) is 3.61. The molecule has 1 aliphatic rings. The van der Waals surface area contributed by atoms with Gasteiger partial charge in [-0.25, -0.2) is 4.98 Å². The van der Waals surface area contributed by atoms with E-state index in [-0.39, 0.29) is 24.8 Å². The number of imidazole rings is 1. The fourth-order valence-corrected chi connectivity index (χ4v) is 4.47. The minimum atomic E-state index is -1.12. The predicted molar refractivity (Wildman–Crippen MR) is 124 cm³/mol. The Morgan fingerprint density at radius 1 is 1.03 bits per heavy atom. The maximum atomic E-state index is 13.9. The molecular weight excluding hydrogens is 418 g/mol. The number of esters is 1. The molecule has 0 radical (unpaired) electrons. The number of aromatic hydroxyl groups is 1. The second-order valence-electron chi connectivity index (χ2n) is 7.95. The van der Waals surface area contributed by atoms with Crippen LogP contribution in [0.5, 0.6) is 5.75 Å². The zero-order valence-corrected chi connectivity index (χ0v) is 18.1. The van der Waals surface area contributed by atoms with E-state index in [1.807, 2.05) is 59.2 Å². The van der Waals surface area contributed by atoms with Crippen LogP contribution < -0.4 is 4.90 Å². The molecular formula is C26H23N3O4. The molecule has 7 heteroatoms. The molecule has 1 amide bonds. The third-order valence-corrected chi connectivity index (χ3v) is 5.88. The lowest BCUT2D eigenvalue weighted by molar-refractivity contribution is -0.153. The molecule has 1 aliphatic heterocycles. The molecule has 2 heterocycles. The first-order valence-electron chi connectivity index (χ1n) is 10.9. The van der Waals surface area contributed by atoms with Crippen molar-refractivity contribution < 1.29 is 19.4 Å². The van der Waals surface area contributed by atoms with Gasteiger partial charge in [-0.3, -0.25) is 14.5 Å². The van der Waals surface area contributed by atoms with Gasteiger partial charge in [0.15, 0.2) is 5.92 Å². The first kappa shape index (κ1) is 20.8. The first-order valence-corrected chi connectivity index (χ1v) is 10.9. The van der Waals surface area contributed by atoms with Crippen LogP contribution in [-0.4, -0.2) is 33.1 Å². The monoisotopic (exact) mass is 441 g/mol. The van der Waals surface area contributed by atoms with Crippen molar-refractivity contribution in [2.75, 3.05) is 11.5 Å². The van der Waals surface area contributed by atoms with E-state index < -0.39 is 17.9 Å². The molecule has 4 aromatic rings. The summed E-state index contributed by atoms with van der Waals surface area (Å²) >= 11 is 0. The zero-order valence-electron chi connectivity index (χ0n) is 18.1. The highest BCUT2D eigenvalue weighted by Crippen LogP contribution is 2.42. The second-order valence-corrected chi connectivity index (χ2v) is 7.95. The molecule has 0 aliphatic carbocycles. The maximum absolute atomic E-state index is 13.9. The normalized spacial score (nSPS) is 17.7. The number of hydrogen-bond donors (Lipinski definition) is 1. The van der Waals surface area contributed by atoms with Crippen molar-refractivity contribution in [3.63, 3.8) is 0 Å². The smallest absolute Gasteiger partial charge is 0.321 e. The van der Waals surface area contributed by atoms with Crippen LogP contribution in [0.4, 0.5) is 5.95 Å².